The maximum absolute atomic E-state index is 12.8. The molecule has 160 valence electrons. The molecule has 0 amide bonds. The maximum Gasteiger partial charge on any atom is 0.511 e. The number of ether oxygens (including phenoxy) is 1. The number of anilines is 1. The molecule has 2 aliphatic carbocycles. The molecule has 0 radical (unpaired) electrons. The molecule has 1 saturated heterocycles. The third-order valence-electron chi connectivity index (χ3n) is 6.15. The number of fused-ring (bicyclic) bond motifs is 2. The predicted molar refractivity (Wildman–Crippen MR) is 116 cm³/mol. The summed E-state index contributed by atoms with van der Waals surface area (Å²) in [6.07, 6.45) is 8.51. The van der Waals surface area contributed by atoms with Crippen molar-refractivity contribution in [2.24, 2.45) is 17.6 Å². The topological polar surface area (TPSA) is 111 Å². The van der Waals surface area contributed by atoms with E-state index in [2.05, 4.69) is 22.0 Å². The highest BCUT2D eigenvalue weighted by Crippen LogP contribution is 2.42. The molecule has 0 bridgehead atoms. The Hall–Kier alpha value is -2.29. The number of carbonyl (C=O) groups is 1. The smallest absolute Gasteiger partial charge is 0.449 e. The summed E-state index contributed by atoms with van der Waals surface area (Å²) in [7, 11) is 0. The molecule has 0 unspecified atom stereocenters. The zero-order valence-corrected chi connectivity index (χ0v) is 17.6. The lowest BCUT2D eigenvalue weighted by Crippen LogP contribution is -2.36. The van der Waals surface area contributed by atoms with Crippen molar-refractivity contribution in [2.75, 3.05) is 18.0 Å². The van der Waals surface area contributed by atoms with Crippen molar-refractivity contribution < 1.29 is 14.6 Å². The van der Waals surface area contributed by atoms with Crippen molar-refractivity contribution >= 4 is 46.9 Å². The molecule has 3 aliphatic rings. The number of aromatic nitrogens is 2. The van der Waals surface area contributed by atoms with Gasteiger partial charge in [0.05, 0.1) is 17.1 Å². The average molecular weight is 453 g/mol. The fourth-order valence-corrected chi connectivity index (χ4v) is 4.93. The number of nitrogens with zero attached hydrogens (tertiary/aromatic N) is 3. The van der Waals surface area contributed by atoms with Gasteiger partial charge in [-0.2, -0.15) is 0 Å². The van der Waals surface area contributed by atoms with E-state index in [0.29, 0.717) is 28.2 Å². The highest BCUT2D eigenvalue weighted by atomic mass is 35.5. The second-order valence-corrected chi connectivity index (χ2v) is 8.43. The van der Waals surface area contributed by atoms with Crippen molar-refractivity contribution in [3.63, 3.8) is 0 Å². The molecule has 8 nitrogen and oxygen atoms in total. The molecule has 10 heteroatoms. The van der Waals surface area contributed by atoms with Gasteiger partial charge in [-0.1, -0.05) is 23.8 Å². The standard InChI is InChI=1S/C20H21ClN4O4.ClH/c21-16-17-12(18(26)15(29-20(27)28)9-25(17)11-4-5-11)6-23-19(16)24-7-10-2-1-3-14(22)13(10)8-24;/h1-2,6,9-11,13-14H,3-5,7-8,22H2,(H,27,28);1H/t10-,13-,14-;/m0./s1. The van der Waals surface area contributed by atoms with Crippen molar-refractivity contribution in [3.8, 4) is 5.75 Å². The van der Waals surface area contributed by atoms with Crippen LogP contribution >= 0.6 is 24.0 Å². The van der Waals surface area contributed by atoms with Crippen LogP contribution in [-0.2, 0) is 0 Å². The van der Waals surface area contributed by atoms with Crippen molar-refractivity contribution in [1.82, 2.24) is 9.55 Å². The molecule has 3 heterocycles. The van der Waals surface area contributed by atoms with Crippen LogP contribution in [0.5, 0.6) is 5.75 Å². The lowest BCUT2D eigenvalue weighted by molar-refractivity contribution is 0.143. The molecule has 3 atom stereocenters. The summed E-state index contributed by atoms with van der Waals surface area (Å²) < 4.78 is 6.56. The molecule has 1 aliphatic heterocycles. The average Bonchev–Trinajstić information content (AvgIpc) is 3.43. The van der Waals surface area contributed by atoms with E-state index in [-0.39, 0.29) is 35.6 Å². The molecule has 1 saturated carbocycles. The quantitative estimate of drug-likeness (QED) is 0.543. The van der Waals surface area contributed by atoms with Gasteiger partial charge in [-0.15, -0.1) is 12.4 Å². The van der Waals surface area contributed by atoms with Crippen LogP contribution in [0.25, 0.3) is 10.9 Å². The Morgan fingerprint density at radius 2 is 2.10 bits per heavy atom. The summed E-state index contributed by atoms with van der Waals surface area (Å²) in [5, 5.41) is 9.61. The minimum atomic E-state index is -1.52. The van der Waals surface area contributed by atoms with Crippen LogP contribution in [0.3, 0.4) is 0 Å². The van der Waals surface area contributed by atoms with Crippen molar-refractivity contribution in [1.29, 1.82) is 0 Å². The fourth-order valence-electron chi connectivity index (χ4n) is 4.57. The van der Waals surface area contributed by atoms with Crippen LogP contribution < -0.4 is 20.8 Å². The van der Waals surface area contributed by atoms with Gasteiger partial charge in [0, 0.05) is 37.3 Å². The van der Waals surface area contributed by atoms with Crippen molar-refractivity contribution in [3.05, 3.63) is 39.8 Å². The second-order valence-electron chi connectivity index (χ2n) is 8.05. The Labute approximate surface area is 183 Å². The summed E-state index contributed by atoms with van der Waals surface area (Å²) in [6.45, 7) is 1.54. The monoisotopic (exact) mass is 452 g/mol. The molecule has 0 aromatic carbocycles. The number of halogens is 2. The van der Waals surface area contributed by atoms with Crippen LogP contribution in [0, 0.1) is 11.8 Å². The lowest BCUT2D eigenvalue weighted by atomic mass is 9.83. The third kappa shape index (κ3) is 3.42. The summed E-state index contributed by atoms with van der Waals surface area (Å²) in [6, 6.07) is 0.286. The van der Waals surface area contributed by atoms with Gasteiger partial charge in [0.2, 0.25) is 5.43 Å². The Morgan fingerprint density at radius 1 is 1.33 bits per heavy atom. The Bertz CT molecular complexity index is 1100. The largest absolute Gasteiger partial charge is 0.511 e. The number of pyridine rings is 2. The Balaban J connectivity index is 0.00000218. The SMILES string of the molecule is Cl.N[C@H]1CC=C[C@H]2CN(c3ncc4c(=O)c(OC(=O)O)cn(C5CC5)c4c3Cl)C[C@H]12. The van der Waals surface area contributed by atoms with Gasteiger partial charge in [-0.3, -0.25) is 4.79 Å². The first kappa shape index (κ1) is 21.0. The number of nitrogens with two attached hydrogens (primary N) is 1. The van der Waals surface area contributed by atoms with Crippen LogP contribution in [0.4, 0.5) is 10.6 Å². The van der Waals surface area contributed by atoms with Crippen LogP contribution in [0.2, 0.25) is 5.02 Å². The van der Waals surface area contributed by atoms with Crippen molar-refractivity contribution in [2.45, 2.75) is 31.3 Å². The van der Waals surface area contributed by atoms with E-state index in [9.17, 15) is 9.59 Å². The van der Waals surface area contributed by atoms with E-state index in [1.165, 1.54) is 12.4 Å². The van der Waals surface area contributed by atoms with E-state index < -0.39 is 11.6 Å². The zero-order chi connectivity index (χ0) is 20.3. The lowest BCUT2D eigenvalue weighted by Gasteiger charge is -2.25. The van der Waals surface area contributed by atoms with Gasteiger partial charge in [0.15, 0.2) is 5.75 Å². The third-order valence-corrected chi connectivity index (χ3v) is 6.50. The van der Waals surface area contributed by atoms with E-state index >= 15 is 0 Å². The Morgan fingerprint density at radius 3 is 2.77 bits per heavy atom. The van der Waals surface area contributed by atoms with Crippen LogP contribution in [0.15, 0.2) is 29.3 Å². The van der Waals surface area contributed by atoms with Crippen LogP contribution in [-0.4, -0.2) is 39.9 Å². The number of rotatable bonds is 3. The minimum Gasteiger partial charge on any atom is -0.449 e. The summed E-state index contributed by atoms with van der Waals surface area (Å²) in [5.41, 5.74) is 6.35. The molecule has 3 N–H and O–H groups in total. The highest BCUT2D eigenvalue weighted by Gasteiger charge is 2.38. The van der Waals surface area contributed by atoms with Crippen LogP contribution in [0.1, 0.15) is 25.3 Å². The van der Waals surface area contributed by atoms with E-state index in [0.717, 1.165) is 32.4 Å². The van der Waals surface area contributed by atoms with E-state index in [1.807, 2.05) is 4.57 Å². The summed E-state index contributed by atoms with van der Waals surface area (Å²) in [5.74, 6) is 1.12. The predicted octanol–water partition coefficient (Wildman–Crippen LogP) is 3.20. The van der Waals surface area contributed by atoms with E-state index in [1.54, 1.807) is 0 Å². The number of hydrogen-bond donors (Lipinski definition) is 2. The molecular weight excluding hydrogens is 431 g/mol. The molecule has 30 heavy (non-hydrogen) atoms. The first-order valence-electron chi connectivity index (χ1n) is 9.75. The van der Waals surface area contributed by atoms with Gasteiger partial charge in [0.25, 0.3) is 0 Å². The summed E-state index contributed by atoms with van der Waals surface area (Å²) >= 11 is 6.79. The molecular formula is C20H22Cl2N4O4. The normalized spacial score (nSPS) is 25.1. The number of carboxylic acid groups (broad SMARTS) is 1. The zero-order valence-electron chi connectivity index (χ0n) is 16.0. The van der Waals surface area contributed by atoms with Gasteiger partial charge < -0.3 is 25.0 Å². The highest BCUT2D eigenvalue weighted by molar-refractivity contribution is 6.37. The minimum absolute atomic E-state index is 0. The van der Waals surface area contributed by atoms with Gasteiger partial charge in [-0.05, 0) is 25.2 Å². The van der Waals surface area contributed by atoms with Gasteiger partial charge >= 0.3 is 6.16 Å². The molecule has 2 aromatic heterocycles. The molecule has 2 aromatic rings. The second kappa shape index (κ2) is 7.76. The summed E-state index contributed by atoms with van der Waals surface area (Å²) in [4.78, 5) is 30.3. The molecule has 5 rings (SSSR count). The maximum atomic E-state index is 12.8. The number of hydrogen-bond acceptors (Lipinski definition) is 6. The molecule has 0 spiro atoms. The van der Waals surface area contributed by atoms with E-state index in [4.69, 9.17) is 27.2 Å². The Kier molecular flexibility index (Phi) is 5.42. The van der Waals surface area contributed by atoms with Gasteiger partial charge in [0.1, 0.15) is 10.8 Å². The molecule has 2 fully saturated rings. The first-order valence-corrected chi connectivity index (χ1v) is 10.1. The first-order chi connectivity index (χ1) is 13.9. The van der Waals surface area contributed by atoms with Gasteiger partial charge in [-0.25, -0.2) is 9.78 Å². The fraction of sp³-hybridized carbons (Fsp3) is 0.450.